The Morgan fingerprint density at radius 3 is 2.70 bits per heavy atom. The fourth-order valence-corrected chi connectivity index (χ4v) is 2.82. The molecular weight excluding hydrogens is 352 g/mol. The van der Waals surface area contributed by atoms with Crippen LogP contribution in [-0.4, -0.2) is 26.9 Å². The first kappa shape index (κ1) is 18.8. The van der Waals surface area contributed by atoms with Crippen molar-refractivity contribution in [2.24, 2.45) is 0 Å². The molecular formula is C19H21F2N5O. The fourth-order valence-electron chi connectivity index (χ4n) is 2.82. The van der Waals surface area contributed by atoms with Crippen molar-refractivity contribution in [3.8, 4) is 17.0 Å². The Labute approximate surface area is 156 Å². The SMILES string of the molecule is CCn1nccc1[C@H](C)Nc1nc(-c2cccc(OC)c2)cc(C(F)F)n1. The summed E-state index contributed by atoms with van der Waals surface area (Å²) in [6.07, 6.45) is -0.996. The molecule has 0 fully saturated rings. The van der Waals surface area contributed by atoms with Crippen LogP contribution in [0.4, 0.5) is 14.7 Å². The van der Waals surface area contributed by atoms with E-state index in [1.54, 1.807) is 37.6 Å². The molecule has 0 radical (unpaired) electrons. The van der Waals surface area contributed by atoms with E-state index in [0.717, 1.165) is 5.69 Å². The van der Waals surface area contributed by atoms with Gasteiger partial charge >= 0.3 is 0 Å². The second-order valence-corrected chi connectivity index (χ2v) is 5.97. The number of aromatic nitrogens is 4. The van der Waals surface area contributed by atoms with Gasteiger partial charge < -0.3 is 10.1 Å². The molecule has 8 heteroatoms. The van der Waals surface area contributed by atoms with Crippen LogP contribution < -0.4 is 10.1 Å². The Balaban J connectivity index is 1.96. The molecule has 0 saturated heterocycles. The third-order valence-corrected chi connectivity index (χ3v) is 4.17. The van der Waals surface area contributed by atoms with Gasteiger partial charge in [-0.3, -0.25) is 4.68 Å². The summed E-state index contributed by atoms with van der Waals surface area (Å²) in [7, 11) is 1.55. The van der Waals surface area contributed by atoms with E-state index in [0.29, 0.717) is 23.6 Å². The second-order valence-electron chi connectivity index (χ2n) is 5.97. The molecule has 3 aromatic rings. The number of alkyl halides is 2. The number of anilines is 1. The van der Waals surface area contributed by atoms with Crippen molar-refractivity contribution in [2.45, 2.75) is 32.9 Å². The smallest absolute Gasteiger partial charge is 0.280 e. The minimum absolute atomic E-state index is 0.141. The third-order valence-electron chi connectivity index (χ3n) is 4.17. The van der Waals surface area contributed by atoms with Crippen molar-refractivity contribution in [1.29, 1.82) is 0 Å². The first-order valence-corrected chi connectivity index (χ1v) is 8.61. The minimum Gasteiger partial charge on any atom is -0.497 e. The van der Waals surface area contributed by atoms with E-state index in [-0.39, 0.29) is 17.7 Å². The third kappa shape index (κ3) is 4.21. The largest absolute Gasteiger partial charge is 0.497 e. The Kier molecular flexibility index (Phi) is 5.63. The van der Waals surface area contributed by atoms with Crippen LogP contribution in [0.1, 0.15) is 37.7 Å². The molecule has 1 atom stereocenters. The molecule has 0 saturated carbocycles. The number of benzene rings is 1. The molecule has 0 aliphatic rings. The highest BCUT2D eigenvalue weighted by Gasteiger charge is 2.17. The monoisotopic (exact) mass is 373 g/mol. The van der Waals surface area contributed by atoms with Crippen molar-refractivity contribution < 1.29 is 13.5 Å². The van der Waals surface area contributed by atoms with Gasteiger partial charge in [0, 0.05) is 18.3 Å². The number of aryl methyl sites for hydroxylation is 1. The molecule has 1 aromatic carbocycles. The second kappa shape index (κ2) is 8.11. The van der Waals surface area contributed by atoms with Gasteiger partial charge in [0.05, 0.1) is 24.5 Å². The molecule has 6 nitrogen and oxygen atoms in total. The molecule has 142 valence electrons. The lowest BCUT2D eigenvalue weighted by Crippen LogP contribution is -2.15. The zero-order valence-corrected chi connectivity index (χ0v) is 15.4. The summed E-state index contributed by atoms with van der Waals surface area (Å²) >= 11 is 0. The predicted octanol–water partition coefficient (Wildman–Crippen LogP) is 4.48. The molecule has 3 rings (SSSR count). The quantitative estimate of drug-likeness (QED) is 0.661. The lowest BCUT2D eigenvalue weighted by molar-refractivity contribution is 0.146. The van der Waals surface area contributed by atoms with Crippen molar-refractivity contribution in [3.05, 3.63) is 54.0 Å². The van der Waals surface area contributed by atoms with Crippen LogP contribution in [0.2, 0.25) is 0 Å². The van der Waals surface area contributed by atoms with Gasteiger partial charge in [0.1, 0.15) is 11.4 Å². The Morgan fingerprint density at radius 2 is 2.00 bits per heavy atom. The van der Waals surface area contributed by atoms with E-state index in [4.69, 9.17) is 4.74 Å². The molecule has 0 bridgehead atoms. The van der Waals surface area contributed by atoms with Crippen LogP contribution in [0.5, 0.6) is 5.75 Å². The van der Waals surface area contributed by atoms with Crippen molar-refractivity contribution in [3.63, 3.8) is 0 Å². The molecule has 1 N–H and O–H groups in total. The highest BCUT2D eigenvalue weighted by molar-refractivity contribution is 5.63. The van der Waals surface area contributed by atoms with Crippen LogP contribution >= 0.6 is 0 Å². The molecule has 2 heterocycles. The maximum atomic E-state index is 13.4. The topological polar surface area (TPSA) is 64.9 Å². The number of methoxy groups -OCH3 is 1. The summed E-state index contributed by atoms with van der Waals surface area (Å²) in [5.74, 6) is 0.765. The van der Waals surface area contributed by atoms with Gasteiger partial charge in [0.25, 0.3) is 6.43 Å². The van der Waals surface area contributed by atoms with E-state index < -0.39 is 6.43 Å². The standard InChI is InChI=1S/C19H21F2N5O/c1-4-26-17(8-9-22-26)12(2)23-19-24-15(11-16(25-19)18(20)21)13-6-5-7-14(10-13)27-3/h5-12,18H,4H2,1-3H3,(H,23,24,25)/t12-/m0/s1. The highest BCUT2D eigenvalue weighted by atomic mass is 19.3. The first-order chi connectivity index (χ1) is 13.0. The maximum Gasteiger partial charge on any atom is 0.280 e. The van der Waals surface area contributed by atoms with Gasteiger partial charge in [0.15, 0.2) is 0 Å². The Morgan fingerprint density at radius 1 is 1.19 bits per heavy atom. The molecule has 0 spiro atoms. The number of ether oxygens (including phenoxy) is 1. The summed E-state index contributed by atoms with van der Waals surface area (Å²) in [6, 6.07) is 10.1. The summed E-state index contributed by atoms with van der Waals surface area (Å²) in [6.45, 7) is 4.60. The maximum absolute atomic E-state index is 13.4. The van der Waals surface area contributed by atoms with E-state index in [1.807, 2.05) is 24.6 Å². The number of hydrogen-bond acceptors (Lipinski definition) is 5. The van der Waals surface area contributed by atoms with E-state index in [9.17, 15) is 8.78 Å². The highest BCUT2D eigenvalue weighted by Crippen LogP contribution is 2.28. The Bertz CT molecular complexity index is 913. The fraction of sp³-hybridized carbons (Fsp3) is 0.316. The van der Waals surface area contributed by atoms with Gasteiger partial charge in [-0.15, -0.1) is 0 Å². The molecule has 0 aliphatic heterocycles. The normalized spacial score (nSPS) is 12.2. The number of halogens is 2. The number of nitrogens with one attached hydrogen (secondary N) is 1. The summed E-state index contributed by atoms with van der Waals surface area (Å²) < 4.78 is 33.8. The lowest BCUT2D eigenvalue weighted by atomic mass is 10.1. The van der Waals surface area contributed by atoms with Gasteiger partial charge in [-0.25, -0.2) is 18.7 Å². The zero-order valence-electron chi connectivity index (χ0n) is 15.4. The van der Waals surface area contributed by atoms with Crippen molar-refractivity contribution in [1.82, 2.24) is 19.7 Å². The summed E-state index contributed by atoms with van der Waals surface area (Å²) in [5, 5.41) is 7.33. The van der Waals surface area contributed by atoms with Crippen molar-refractivity contribution >= 4 is 5.95 Å². The average Bonchev–Trinajstić information content (AvgIpc) is 3.16. The molecule has 0 aliphatic carbocycles. The van der Waals surface area contributed by atoms with Crippen molar-refractivity contribution in [2.75, 3.05) is 12.4 Å². The van der Waals surface area contributed by atoms with Crippen LogP contribution in [0, 0.1) is 0 Å². The van der Waals surface area contributed by atoms with Gasteiger partial charge in [0.2, 0.25) is 5.95 Å². The average molecular weight is 373 g/mol. The van der Waals surface area contributed by atoms with E-state index in [1.165, 1.54) is 6.07 Å². The van der Waals surface area contributed by atoms with Gasteiger partial charge in [-0.05, 0) is 38.1 Å². The molecule has 0 unspecified atom stereocenters. The van der Waals surface area contributed by atoms with Crippen LogP contribution in [0.25, 0.3) is 11.3 Å². The number of nitrogens with zero attached hydrogens (tertiary/aromatic N) is 4. The lowest BCUT2D eigenvalue weighted by Gasteiger charge is -2.16. The van der Waals surface area contributed by atoms with E-state index in [2.05, 4.69) is 20.4 Å². The summed E-state index contributed by atoms with van der Waals surface area (Å²) in [5.41, 5.74) is 1.67. The molecule has 2 aromatic heterocycles. The first-order valence-electron chi connectivity index (χ1n) is 8.61. The zero-order chi connectivity index (χ0) is 19.4. The van der Waals surface area contributed by atoms with Gasteiger partial charge in [-0.2, -0.15) is 5.10 Å². The van der Waals surface area contributed by atoms with Crippen LogP contribution in [0.15, 0.2) is 42.6 Å². The number of rotatable bonds is 7. The molecule has 27 heavy (non-hydrogen) atoms. The minimum atomic E-state index is -2.70. The van der Waals surface area contributed by atoms with Crippen LogP contribution in [0.3, 0.4) is 0 Å². The van der Waals surface area contributed by atoms with E-state index >= 15 is 0 Å². The Hall–Kier alpha value is -3.03. The number of hydrogen-bond donors (Lipinski definition) is 1. The van der Waals surface area contributed by atoms with Gasteiger partial charge in [-0.1, -0.05) is 12.1 Å². The molecule has 0 amide bonds. The predicted molar refractivity (Wildman–Crippen MR) is 98.9 cm³/mol. The summed E-state index contributed by atoms with van der Waals surface area (Å²) in [4.78, 5) is 8.40. The van der Waals surface area contributed by atoms with Crippen LogP contribution in [-0.2, 0) is 6.54 Å².